The Kier molecular flexibility index (Phi) is 7.39. The van der Waals surface area contributed by atoms with Gasteiger partial charge < -0.3 is 5.32 Å². The fraction of sp³-hybridized carbons (Fsp3) is 0.812. The summed E-state index contributed by atoms with van der Waals surface area (Å²) in [5.41, 5.74) is 1.34. The van der Waals surface area contributed by atoms with Gasteiger partial charge in [-0.25, -0.2) is 4.98 Å². The first kappa shape index (κ1) is 17.6. The number of thiazole rings is 1. The minimum absolute atomic E-state index is 0.597. The molecule has 2 atom stereocenters. The van der Waals surface area contributed by atoms with E-state index in [4.69, 9.17) is 4.98 Å². The minimum Gasteiger partial charge on any atom is -0.312 e. The molecule has 0 saturated carbocycles. The summed E-state index contributed by atoms with van der Waals surface area (Å²) in [6.45, 7) is 11.2. The highest BCUT2D eigenvalue weighted by Crippen LogP contribution is 2.44. The lowest BCUT2D eigenvalue weighted by Gasteiger charge is -2.25. The Labute approximate surface area is 142 Å². The Morgan fingerprint density at radius 1 is 1.29 bits per heavy atom. The lowest BCUT2D eigenvalue weighted by Crippen LogP contribution is -2.15. The first-order valence-corrected chi connectivity index (χ1v) is 11.0. The molecule has 2 unspecified atom stereocenters. The topological polar surface area (TPSA) is 24.9 Å². The van der Waals surface area contributed by atoms with Crippen LogP contribution in [0.15, 0.2) is 0 Å². The number of hydrogen-bond acceptors (Lipinski definition) is 5. The van der Waals surface area contributed by atoms with Crippen molar-refractivity contribution in [2.24, 2.45) is 5.92 Å². The smallest absolute Gasteiger partial charge is 0.107 e. The molecule has 0 spiro atoms. The zero-order valence-corrected chi connectivity index (χ0v) is 16.1. The van der Waals surface area contributed by atoms with E-state index in [1.165, 1.54) is 33.5 Å². The largest absolute Gasteiger partial charge is 0.312 e. The van der Waals surface area contributed by atoms with Gasteiger partial charge in [-0.1, -0.05) is 27.7 Å². The molecule has 21 heavy (non-hydrogen) atoms. The van der Waals surface area contributed by atoms with Crippen molar-refractivity contribution in [3.63, 3.8) is 0 Å². The molecule has 5 heteroatoms. The van der Waals surface area contributed by atoms with Gasteiger partial charge >= 0.3 is 0 Å². The summed E-state index contributed by atoms with van der Waals surface area (Å²) < 4.78 is 0. The molecule has 1 aromatic rings. The molecule has 0 amide bonds. The average Bonchev–Trinajstić information content (AvgIpc) is 2.82. The Morgan fingerprint density at radius 2 is 2.05 bits per heavy atom. The standard InChI is InChI=1S/C16H28N2S3/c1-5-6-17-10-14-13(9-11(2)3)18-16(21-14)15-12(4)19-7-8-20-15/h11-12,15,17H,5-10H2,1-4H3. The van der Waals surface area contributed by atoms with E-state index in [2.05, 4.69) is 56.5 Å². The van der Waals surface area contributed by atoms with Crippen LogP contribution >= 0.6 is 34.9 Å². The first-order valence-electron chi connectivity index (χ1n) is 8.04. The van der Waals surface area contributed by atoms with Crippen LogP contribution in [0, 0.1) is 5.92 Å². The average molecular weight is 345 g/mol. The van der Waals surface area contributed by atoms with Crippen molar-refractivity contribution in [2.75, 3.05) is 18.1 Å². The molecule has 1 aromatic heterocycles. The molecule has 1 N–H and O–H groups in total. The molecular formula is C16H28N2S3. The highest BCUT2D eigenvalue weighted by Gasteiger charge is 2.28. The molecule has 120 valence electrons. The third-order valence-corrected chi connectivity index (χ3v) is 7.97. The van der Waals surface area contributed by atoms with E-state index in [0.717, 1.165) is 19.5 Å². The van der Waals surface area contributed by atoms with E-state index in [1.807, 2.05) is 11.3 Å². The van der Waals surface area contributed by atoms with Crippen molar-refractivity contribution in [1.82, 2.24) is 10.3 Å². The van der Waals surface area contributed by atoms with E-state index in [1.54, 1.807) is 0 Å². The van der Waals surface area contributed by atoms with Gasteiger partial charge in [-0.15, -0.1) is 23.1 Å². The molecule has 0 radical (unpaired) electrons. The fourth-order valence-corrected chi connectivity index (χ4v) is 6.71. The van der Waals surface area contributed by atoms with Gasteiger partial charge in [-0.2, -0.15) is 11.8 Å². The van der Waals surface area contributed by atoms with Crippen molar-refractivity contribution in [3.8, 4) is 0 Å². The van der Waals surface area contributed by atoms with Crippen LogP contribution in [0.3, 0.4) is 0 Å². The van der Waals surface area contributed by atoms with Gasteiger partial charge in [0.25, 0.3) is 0 Å². The van der Waals surface area contributed by atoms with Crippen LogP contribution in [0.1, 0.15) is 54.9 Å². The maximum Gasteiger partial charge on any atom is 0.107 e. The molecule has 2 heterocycles. The molecule has 2 nitrogen and oxygen atoms in total. The number of thioether (sulfide) groups is 2. The zero-order valence-electron chi connectivity index (χ0n) is 13.6. The first-order chi connectivity index (χ1) is 10.1. The van der Waals surface area contributed by atoms with Crippen molar-refractivity contribution >= 4 is 34.9 Å². The second-order valence-electron chi connectivity index (χ2n) is 6.06. The van der Waals surface area contributed by atoms with Crippen LogP contribution in [0.25, 0.3) is 0 Å². The maximum absolute atomic E-state index is 5.05. The monoisotopic (exact) mass is 344 g/mol. The molecule has 0 aromatic carbocycles. The van der Waals surface area contributed by atoms with E-state index < -0.39 is 0 Å². The number of aromatic nitrogens is 1. The van der Waals surface area contributed by atoms with Gasteiger partial charge in [0.1, 0.15) is 5.01 Å². The zero-order chi connectivity index (χ0) is 15.2. The number of nitrogens with zero attached hydrogens (tertiary/aromatic N) is 1. The maximum atomic E-state index is 5.05. The second-order valence-corrected chi connectivity index (χ2v) is 9.91. The lowest BCUT2D eigenvalue weighted by molar-refractivity contribution is 0.621. The molecular weight excluding hydrogens is 316 g/mol. The van der Waals surface area contributed by atoms with Crippen LogP contribution in [-0.2, 0) is 13.0 Å². The highest BCUT2D eigenvalue weighted by atomic mass is 32.2. The quantitative estimate of drug-likeness (QED) is 0.722. The Bertz CT molecular complexity index is 431. The van der Waals surface area contributed by atoms with Crippen LogP contribution < -0.4 is 5.32 Å². The predicted octanol–water partition coefficient (Wildman–Crippen LogP) is 4.75. The number of nitrogens with one attached hydrogen (secondary N) is 1. The summed E-state index contributed by atoms with van der Waals surface area (Å²) in [4.78, 5) is 6.52. The van der Waals surface area contributed by atoms with Gasteiger partial charge in [0.2, 0.25) is 0 Å². The molecule has 1 saturated heterocycles. The van der Waals surface area contributed by atoms with Crippen LogP contribution in [-0.4, -0.2) is 28.3 Å². The fourth-order valence-electron chi connectivity index (χ4n) is 2.49. The molecule has 1 aliphatic rings. The summed E-state index contributed by atoms with van der Waals surface area (Å²) in [7, 11) is 0. The number of hydrogen-bond donors (Lipinski definition) is 1. The van der Waals surface area contributed by atoms with Crippen molar-refractivity contribution < 1.29 is 0 Å². The van der Waals surface area contributed by atoms with Gasteiger partial charge in [-0.3, -0.25) is 0 Å². The summed E-state index contributed by atoms with van der Waals surface area (Å²) in [5.74, 6) is 3.23. The summed E-state index contributed by atoms with van der Waals surface area (Å²) in [6.07, 6.45) is 2.30. The highest BCUT2D eigenvalue weighted by molar-refractivity contribution is 8.06. The van der Waals surface area contributed by atoms with Gasteiger partial charge in [0.05, 0.1) is 10.9 Å². The summed E-state index contributed by atoms with van der Waals surface area (Å²) in [6, 6.07) is 0. The normalized spacial score (nSPS) is 22.9. The van der Waals surface area contributed by atoms with Crippen LogP contribution in [0.2, 0.25) is 0 Å². The third-order valence-electron chi connectivity index (χ3n) is 3.54. The summed E-state index contributed by atoms with van der Waals surface area (Å²) >= 11 is 6.16. The molecule has 0 aliphatic carbocycles. The molecule has 0 bridgehead atoms. The van der Waals surface area contributed by atoms with Crippen LogP contribution in [0.4, 0.5) is 0 Å². The van der Waals surface area contributed by atoms with Gasteiger partial charge in [0.15, 0.2) is 0 Å². The molecule has 2 rings (SSSR count). The lowest BCUT2D eigenvalue weighted by atomic mass is 10.1. The number of rotatable bonds is 7. The van der Waals surface area contributed by atoms with E-state index in [-0.39, 0.29) is 0 Å². The molecule has 1 aliphatic heterocycles. The predicted molar refractivity (Wildman–Crippen MR) is 99.8 cm³/mol. The Hall–Kier alpha value is 0.290. The van der Waals surface area contributed by atoms with Crippen molar-refractivity contribution in [1.29, 1.82) is 0 Å². The van der Waals surface area contributed by atoms with E-state index >= 15 is 0 Å². The van der Waals surface area contributed by atoms with Gasteiger partial charge in [0, 0.05) is 28.2 Å². The van der Waals surface area contributed by atoms with Crippen molar-refractivity contribution in [3.05, 3.63) is 15.6 Å². The molecule has 1 fully saturated rings. The third kappa shape index (κ3) is 5.15. The SMILES string of the molecule is CCCNCc1sc(C2SCCSC2C)nc1CC(C)C. The van der Waals surface area contributed by atoms with E-state index in [9.17, 15) is 0 Å². The van der Waals surface area contributed by atoms with E-state index in [0.29, 0.717) is 16.4 Å². The van der Waals surface area contributed by atoms with Crippen LogP contribution in [0.5, 0.6) is 0 Å². The Balaban J connectivity index is 2.13. The Morgan fingerprint density at radius 3 is 2.71 bits per heavy atom. The van der Waals surface area contributed by atoms with Gasteiger partial charge in [-0.05, 0) is 25.3 Å². The van der Waals surface area contributed by atoms with Crippen molar-refractivity contribution in [2.45, 2.75) is 57.6 Å². The minimum atomic E-state index is 0.597. The summed E-state index contributed by atoms with van der Waals surface area (Å²) in [5, 5.41) is 6.21. The second kappa shape index (κ2) is 8.80.